The molecule has 0 radical (unpaired) electrons. The molecule has 2 nitrogen and oxygen atoms in total. The standard InChI is InChI=1S/C5H5IN2/c6-3-5-1-2-7-8-4-5/h1-2,4H,3H2. The third kappa shape index (κ3) is 1.40. The maximum Gasteiger partial charge on any atom is 0.0536 e. The first kappa shape index (κ1) is 5.94. The first-order valence-electron chi connectivity index (χ1n) is 2.25. The van der Waals surface area contributed by atoms with Crippen LogP contribution in [0.2, 0.25) is 0 Å². The van der Waals surface area contributed by atoms with E-state index in [2.05, 4.69) is 32.8 Å². The summed E-state index contributed by atoms with van der Waals surface area (Å²) in [6.45, 7) is 0. The van der Waals surface area contributed by atoms with Gasteiger partial charge in [0.15, 0.2) is 0 Å². The molecular weight excluding hydrogens is 215 g/mol. The summed E-state index contributed by atoms with van der Waals surface area (Å²) >= 11 is 2.29. The molecule has 1 rings (SSSR count). The molecule has 0 saturated heterocycles. The Bertz CT molecular complexity index is 152. The average molecular weight is 220 g/mol. The molecule has 0 aromatic carbocycles. The Kier molecular flexibility index (Phi) is 2.20. The van der Waals surface area contributed by atoms with Crippen molar-refractivity contribution >= 4 is 22.6 Å². The number of rotatable bonds is 1. The third-order valence-electron chi connectivity index (χ3n) is 0.800. The first-order valence-corrected chi connectivity index (χ1v) is 3.77. The summed E-state index contributed by atoms with van der Waals surface area (Å²) in [5, 5.41) is 7.34. The van der Waals surface area contributed by atoms with Gasteiger partial charge in [-0.1, -0.05) is 22.6 Å². The highest BCUT2D eigenvalue weighted by Gasteiger charge is 1.83. The summed E-state index contributed by atoms with van der Waals surface area (Å²) in [6.07, 6.45) is 3.47. The Morgan fingerprint density at radius 2 is 2.38 bits per heavy atom. The van der Waals surface area contributed by atoms with Gasteiger partial charge in [-0.3, -0.25) is 0 Å². The molecule has 3 heteroatoms. The zero-order valence-corrected chi connectivity index (χ0v) is 6.37. The highest BCUT2D eigenvalue weighted by atomic mass is 127. The first-order chi connectivity index (χ1) is 3.93. The fraction of sp³-hybridized carbons (Fsp3) is 0.200. The molecule has 0 spiro atoms. The number of halogens is 1. The molecule has 0 fully saturated rings. The van der Waals surface area contributed by atoms with E-state index in [0.29, 0.717) is 0 Å². The van der Waals surface area contributed by atoms with E-state index in [1.54, 1.807) is 12.4 Å². The van der Waals surface area contributed by atoms with Crippen molar-refractivity contribution in [3.05, 3.63) is 24.0 Å². The molecular formula is C5H5IN2. The second-order valence-electron chi connectivity index (χ2n) is 1.38. The van der Waals surface area contributed by atoms with Crippen molar-refractivity contribution < 1.29 is 0 Å². The van der Waals surface area contributed by atoms with Crippen molar-refractivity contribution in [3.63, 3.8) is 0 Å². The molecule has 0 atom stereocenters. The van der Waals surface area contributed by atoms with E-state index in [-0.39, 0.29) is 0 Å². The summed E-state index contributed by atoms with van der Waals surface area (Å²) < 4.78 is 1.01. The lowest BCUT2D eigenvalue weighted by Crippen LogP contribution is -1.80. The van der Waals surface area contributed by atoms with Crippen molar-refractivity contribution in [1.29, 1.82) is 0 Å². The van der Waals surface area contributed by atoms with Crippen LogP contribution in [-0.4, -0.2) is 10.2 Å². The second-order valence-corrected chi connectivity index (χ2v) is 2.15. The predicted octanol–water partition coefficient (Wildman–Crippen LogP) is 1.41. The minimum absolute atomic E-state index is 1.01. The predicted molar refractivity (Wildman–Crippen MR) is 39.8 cm³/mol. The summed E-state index contributed by atoms with van der Waals surface area (Å²) in [5.74, 6) is 0. The molecule has 0 aliphatic carbocycles. The normalized spacial score (nSPS) is 9.12. The fourth-order valence-electron chi connectivity index (χ4n) is 0.397. The van der Waals surface area contributed by atoms with E-state index in [9.17, 15) is 0 Å². The van der Waals surface area contributed by atoms with Gasteiger partial charge < -0.3 is 0 Å². The minimum Gasteiger partial charge on any atom is -0.159 e. The lowest BCUT2D eigenvalue weighted by Gasteiger charge is -1.86. The zero-order valence-electron chi connectivity index (χ0n) is 4.21. The molecule has 8 heavy (non-hydrogen) atoms. The monoisotopic (exact) mass is 220 g/mol. The topological polar surface area (TPSA) is 25.8 Å². The van der Waals surface area contributed by atoms with Crippen LogP contribution in [-0.2, 0) is 4.43 Å². The van der Waals surface area contributed by atoms with Gasteiger partial charge in [0.1, 0.15) is 0 Å². The van der Waals surface area contributed by atoms with Crippen LogP contribution in [0, 0.1) is 0 Å². The highest BCUT2D eigenvalue weighted by Crippen LogP contribution is 1.99. The summed E-state index contributed by atoms with van der Waals surface area (Å²) in [7, 11) is 0. The number of alkyl halides is 1. The summed E-state index contributed by atoms with van der Waals surface area (Å²) in [6, 6.07) is 1.96. The SMILES string of the molecule is ICc1ccnnc1. The van der Waals surface area contributed by atoms with Crippen LogP contribution in [0.1, 0.15) is 5.56 Å². The van der Waals surface area contributed by atoms with Gasteiger partial charge >= 0.3 is 0 Å². The van der Waals surface area contributed by atoms with Crippen molar-refractivity contribution in [1.82, 2.24) is 10.2 Å². The van der Waals surface area contributed by atoms with Crippen molar-refractivity contribution in [2.24, 2.45) is 0 Å². The molecule has 1 aromatic rings. The Balaban J connectivity index is 2.83. The van der Waals surface area contributed by atoms with E-state index in [1.165, 1.54) is 5.56 Å². The van der Waals surface area contributed by atoms with Crippen LogP contribution < -0.4 is 0 Å². The smallest absolute Gasteiger partial charge is 0.0536 e. The molecule has 1 aromatic heterocycles. The van der Waals surface area contributed by atoms with Crippen molar-refractivity contribution in [2.75, 3.05) is 0 Å². The van der Waals surface area contributed by atoms with Crippen LogP contribution in [0.3, 0.4) is 0 Å². The average Bonchev–Trinajstić information content (AvgIpc) is 1.90. The van der Waals surface area contributed by atoms with Crippen LogP contribution in [0.25, 0.3) is 0 Å². The van der Waals surface area contributed by atoms with Gasteiger partial charge in [-0.15, -0.1) is 0 Å². The largest absolute Gasteiger partial charge is 0.159 e. The lowest BCUT2D eigenvalue weighted by atomic mass is 10.4. The fourth-order valence-corrected chi connectivity index (χ4v) is 0.848. The van der Waals surface area contributed by atoms with Gasteiger partial charge in [-0.05, 0) is 11.6 Å². The Morgan fingerprint density at radius 3 is 2.75 bits per heavy atom. The van der Waals surface area contributed by atoms with Crippen LogP contribution in [0.4, 0.5) is 0 Å². The van der Waals surface area contributed by atoms with Crippen molar-refractivity contribution in [3.8, 4) is 0 Å². The van der Waals surface area contributed by atoms with Crippen molar-refractivity contribution in [2.45, 2.75) is 4.43 Å². The Morgan fingerprint density at radius 1 is 1.50 bits per heavy atom. The molecule has 0 bridgehead atoms. The lowest BCUT2D eigenvalue weighted by molar-refractivity contribution is 1.01. The molecule has 0 N–H and O–H groups in total. The van der Waals surface area contributed by atoms with E-state index >= 15 is 0 Å². The van der Waals surface area contributed by atoms with Crippen LogP contribution in [0.5, 0.6) is 0 Å². The molecule has 0 aliphatic heterocycles. The van der Waals surface area contributed by atoms with Gasteiger partial charge in [-0.2, -0.15) is 10.2 Å². The quantitative estimate of drug-likeness (QED) is 0.528. The molecule has 0 saturated carbocycles. The Hall–Kier alpha value is -0.190. The number of hydrogen-bond acceptors (Lipinski definition) is 2. The van der Waals surface area contributed by atoms with E-state index in [4.69, 9.17) is 0 Å². The van der Waals surface area contributed by atoms with Gasteiger partial charge in [0.05, 0.1) is 6.20 Å². The van der Waals surface area contributed by atoms with Gasteiger partial charge in [0, 0.05) is 10.6 Å². The molecule has 0 aliphatic rings. The van der Waals surface area contributed by atoms with E-state index < -0.39 is 0 Å². The van der Waals surface area contributed by atoms with E-state index in [0.717, 1.165) is 4.43 Å². The molecule has 0 amide bonds. The van der Waals surface area contributed by atoms with Gasteiger partial charge in [-0.25, -0.2) is 0 Å². The van der Waals surface area contributed by atoms with Crippen LogP contribution >= 0.6 is 22.6 Å². The summed E-state index contributed by atoms with van der Waals surface area (Å²) in [4.78, 5) is 0. The summed E-state index contributed by atoms with van der Waals surface area (Å²) in [5.41, 5.74) is 1.22. The minimum atomic E-state index is 1.01. The molecule has 1 heterocycles. The number of hydrogen-bond donors (Lipinski definition) is 0. The zero-order chi connectivity index (χ0) is 5.82. The Labute approximate surface area is 61.5 Å². The third-order valence-corrected chi connectivity index (χ3v) is 1.68. The number of nitrogens with zero attached hydrogens (tertiary/aromatic N) is 2. The van der Waals surface area contributed by atoms with Gasteiger partial charge in [0.2, 0.25) is 0 Å². The molecule has 0 unspecified atom stereocenters. The maximum atomic E-state index is 3.70. The maximum absolute atomic E-state index is 3.70. The second kappa shape index (κ2) is 2.96. The van der Waals surface area contributed by atoms with Crippen LogP contribution in [0.15, 0.2) is 18.5 Å². The highest BCUT2D eigenvalue weighted by molar-refractivity contribution is 14.1. The van der Waals surface area contributed by atoms with E-state index in [1.807, 2.05) is 6.07 Å². The molecule has 42 valence electrons. The number of aromatic nitrogens is 2. The van der Waals surface area contributed by atoms with Gasteiger partial charge in [0.25, 0.3) is 0 Å².